The lowest BCUT2D eigenvalue weighted by Gasteiger charge is -2.36. The Balaban J connectivity index is 1.77. The summed E-state index contributed by atoms with van der Waals surface area (Å²) in [6.07, 6.45) is 0.794. The summed E-state index contributed by atoms with van der Waals surface area (Å²) in [5, 5.41) is 14.5. The SMILES string of the molecule is CCOC(=O)C1=C(C)NC2=C(C(=O)C[C@H](c3ccc(OC)c(OC)c3)C2)[C@H]1c1ccc([N+](=O)[O-])cc1. The number of nitro benzene ring substituents is 1. The van der Waals surface area contributed by atoms with E-state index < -0.39 is 16.8 Å². The van der Waals surface area contributed by atoms with Crippen LogP contribution < -0.4 is 14.8 Å². The Hall–Kier alpha value is -4.14. The first-order valence-corrected chi connectivity index (χ1v) is 11.7. The molecule has 0 unspecified atom stereocenters. The molecule has 1 N–H and O–H groups in total. The summed E-state index contributed by atoms with van der Waals surface area (Å²) < 4.78 is 16.1. The third-order valence-electron chi connectivity index (χ3n) is 6.64. The molecule has 0 bridgehead atoms. The number of non-ortho nitro benzene ring substituents is 1. The molecule has 0 saturated carbocycles. The second-order valence-corrected chi connectivity index (χ2v) is 8.70. The van der Waals surface area contributed by atoms with Crippen LogP contribution in [0.4, 0.5) is 5.69 Å². The van der Waals surface area contributed by atoms with E-state index in [2.05, 4.69) is 5.32 Å². The second-order valence-electron chi connectivity index (χ2n) is 8.70. The number of carbonyl (C=O) groups excluding carboxylic acids is 2. The maximum absolute atomic E-state index is 13.6. The highest BCUT2D eigenvalue weighted by molar-refractivity contribution is 6.04. The van der Waals surface area contributed by atoms with Crippen LogP contribution >= 0.6 is 0 Å². The molecule has 0 aromatic heterocycles. The summed E-state index contributed by atoms with van der Waals surface area (Å²) in [6.45, 7) is 3.68. The molecular weight excluding hydrogens is 464 g/mol. The number of ether oxygens (including phenoxy) is 3. The van der Waals surface area contributed by atoms with Gasteiger partial charge in [-0.3, -0.25) is 14.9 Å². The zero-order chi connectivity index (χ0) is 26.0. The van der Waals surface area contributed by atoms with Gasteiger partial charge in [0.05, 0.1) is 31.3 Å². The highest BCUT2D eigenvalue weighted by Gasteiger charge is 2.41. The van der Waals surface area contributed by atoms with Crippen LogP contribution in [0.2, 0.25) is 0 Å². The molecule has 0 fully saturated rings. The summed E-state index contributed by atoms with van der Waals surface area (Å²) in [5.74, 6) is -0.204. The summed E-state index contributed by atoms with van der Waals surface area (Å²) in [5.41, 5.74) is 3.66. The van der Waals surface area contributed by atoms with Gasteiger partial charge in [-0.2, -0.15) is 0 Å². The van der Waals surface area contributed by atoms with Crippen LogP contribution in [-0.4, -0.2) is 37.5 Å². The molecule has 2 atom stereocenters. The molecule has 4 rings (SSSR count). The van der Waals surface area contributed by atoms with Crippen molar-refractivity contribution >= 4 is 17.4 Å². The molecule has 0 saturated heterocycles. The van der Waals surface area contributed by atoms with Crippen LogP contribution in [-0.2, 0) is 14.3 Å². The summed E-state index contributed by atoms with van der Waals surface area (Å²) in [6, 6.07) is 11.6. The fraction of sp³-hybridized carbons (Fsp3) is 0.333. The van der Waals surface area contributed by atoms with Crippen molar-refractivity contribution in [3.63, 3.8) is 0 Å². The maximum atomic E-state index is 13.6. The first-order valence-electron chi connectivity index (χ1n) is 11.7. The molecule has 0 radical (unpaired) electrons. The largest absolute Gasteiger partial charge is 0.493 e. The second kappa shape index (κ2) is 10.2. The van der Waals surface area contributed by atoms with Gasteiger partial charge in [0.25, 0.3) is 5.69 Å². The number of carbonyl (C=O) groups is 2. The number of ketones is 1. The summed E-state index contributed by atoms with van der Waals surface area (Å²) in [7, 11) is 3.14. The third-order valence-corrected chi connectivity index (χ3v) is 6.64. The number of hydrogen-bond acceptors (Lipinski definition) is 8. The van der Waals surface area contributed by atoms with E-state index >= 15 is 0 Å². The predicted octanol–water partition coefficient (Wildman–Crippen LogP) is 4.54. The predicted molar refractivity (Wildman–Crippen MR) is 132 cm³/mol. The Labute approximate surface area is 208 Å². The van der Waals surface area contributed by atoms with Crippen molar-refractivity contribution in [2.75, 3.05) is 20.8 Å². The first kappa shape index (κ1) is 25.0. The molecular formula is C27H28N2O7. The molecule has 1 aliphatic carbocycles. The van der Waals surface area contributed by atoms with E-state index in [0.29, 0.717) is 40.3 Å². The number of Topliss-reactive ketones (excluding diaryl/α,β-unsaturated/α-hetero) is 1. The summed E-state index contributed by atoms with van der Waals surface area (Å²) >= 11 is 0. The standard InChI is InChI=1S/C27H28N2O7/c1-5-36-27(31)24-15(2)28-20-12-18(17-8-11-22(34-3)23(14-17)35-4)13-21(30)26(20)25(24)16-6-9-19(10-7-16)29(32)33/h6-11,14,18,25,28H,5,12-13H2,1-4H3/t18-,25+/m1/s1. The summed E-state index contributed by atoms with van der Waals surface area (Å²) in [4.78, 5) is 37.3. The smallest absolute Gasteiger partial charge is 0.336 e. The van der Waals surface area contributed by atoms with Gasteiger partial charge in [-0.05, 0) is 49.4 Å². The monoisotopic (exact) mass is 492 g/mol. The van der Waals surface area contributed by atoms with Gasteiger partial charge in [0.15, 0.2) is 17.3 Å². The maximum Gasteiger partial charge on any atom is 0.336 e. The molecule has 1 heterocycles. The van der Waals surface area contributed by atoms with Crippen molar-refractivity contribution in [3.05, 3.63) is 86.2 Å². The van der Waals surface area contributed by atoms with E-state index in [1.807, 2.05) is 18.2 Å². The van der Waals surface area contributed by atoms with Crippen molar-refractivity contribution in [2.24, 2.45) is 0 Å². The van der Waals surface area contributed by atoms with Crippen molar-refractivity contribution in [1.82, 2.24) is 5.32 Å². The number of allylic oxidation sites excluding steroid dienone is 3. The average Bonchev–Trinajstić information content (AvgIpc) is 2.87. The lowest BCUT2D eigenvalue weighted by molar-refractivity contribution is -0.384. The topological polar surface area (TPSA) is 117 Å². The Morgan fingerprint density at radius 3 is 2.33 bits per heavy atom. The number of rotatable bonds is 7. The number of dihydropyridines is 1. The van der Waals surface area contributed by atoms with E-state index in [-0.39, 0.29) is 30.4 Å². The van der Waals surface area contributed by atoms with E-state index in [4.69, 9.17) is 14.2 Å². The van der Waals surface area contributed by atoms with E-state index in [1.165, 1.54) is 12.1 Å². The number of nitro groups is 1. The van der Waals surface area contributed by atoms with E-state index in [0.717, 1.165) is 11.3 Å². The lowest BCUT2D eigenvalue weighted by Crippen LogP contribution is -2.36. The minimum atomic E-state index is -0.681. The van der Waals surface area contributed by atoms with Crippen molar-refractivity contribution < 1.29 is 28.7 Å². The molecule has 0 spiro atoms. The average molecular weight is 493 g/mol. The van der Waals surface area contributed by atoms with Crippen molar-refractivity contribution in [2.45, 2.75) is 38.5 Å². The van der Waals surface area contributed by atoms with Gasteiger partial charge in [-0.25, -0.2) is 4.79 Å². The van der Waals surface area contributed by atoms with Gasteiger partial charge in [-0.15, -0.1) is 0 Å². The fourth-order valence-corrected chi connectivity index (χ4v) is 4.98. The van der Waals surface area contributed by atoms with Crippen LogP contribution in [0.5, 0.6) is 11.5 Å². The molecule has 2 aliphatic rings. The minimum Gasteiger partial charge on any atom is -0.493 e. The number of esters is 1. The molecule has 36 heavy (non-hydrogen) atoms. The van der Waals surface area contributed by atoms with Crippen LogP contribution in [0.15, 0.2) is 65.0 Å². The third kappa shape index (κ3) is 4.56. The van der Waals surface area contributed by atoms with Gasteiger partial charge < -0.3 is 19.5 Å². The van der Waals surface area contributed by atoms with Gasteiger partial charge in [0.1, 0.15) is 0 Å². The number of nitrogens with zero attached hydrogens (tertiary/aromatic N) is 1. The molecule has 9 heteroatoms. The number of benzene rings is 2. The molecule has 188 valence electrons. The number of methoxy groups -OCH3 is 2. The quantitative estimate of drug-likeness (QED) is 0.340. The van der Waals surface area contributed by atoms with Gasteiger partial charge in [0, 0.05) is 41.4 Å². The Morgan fingerprint density at radius 1 is 1.06 bits per heavy atom. The van der Waals surface area contributed by atoms with Gasteiger partial charge >= 0.3 is 5.97 Å². The van der Waals surface area contributed by atoms with Gasteiger partial charge in [-0.1, -0.05) is 18.2 Å². The minimum absolute atomic E-state index is 0.0660. The zero-order valence-corrected chi connectivity index (χ0v) is 20.6. The van der Waals surface area contributed by atoms with Crippen molar-refractivity contribution in [1.29, 1.82) is 0 Å². The normalized spacial score (nSPS) is 19.4. The van der Waals surface area contributed by atoms with Crippen LogP contribution in [0.3, 0.4) is 0 Å². The Bertz CT molecular complexity index is 1280. The molecule has 2 aromatic rings. The fourth-order valence-electron chi connectivity index (χ4n) is 4.98. The van der Waals surface area contributed by atoms with Crippen molar-refractivity contribution in [3.8, 4) is 11.5 Å². The van der Waals surface area contributed by atoms with Crippen LogP contribution in [0, 0.1) is 10.1 Å². The molecule has 1 aliphatic heterocycles. The van der Waals surface area contributed by atoms with Crippen LogP contribution in [0.25, 0.3) is 0 Å². The van der Waals surface area contributed by atoms with Gasteiger partial charge in [0.2, 0.25) is 0 Å². The zero-order valence-electron chi connectivity index (χ0n) is 20.6. The lowest BCUT2D eigenvalue weighted by atomic mass is 9.71. The van der Waals surface area contributed by atoms with Crippen LogP contribution in [0.1, 0.15) is 49.7 Å². The highest BCUT2D eigenvalue weighted by atomic mass is 16.6. The van der Waals surface area contributed by atoms with E-state index in [1.54, 1.807) is 40.2 Å². The van der Waals surface area contributed by atoms with E-state index in [9.17, 15) is 19.7 Å². The molecule has 9 nitrogen and oxygen atoms in total. The number of nitrogens with one attached hydrogen (secondary N) is 1. The molecule has 0 amide bonds. The number of hydrogen-bond donors (Lipinski definition) is 1. The Morgan fingerprint density at radius 2 is 1.72 bits per heavy atom. The Kier molecular flexibility index (Phi) is 7.10. The highest BCUT2D eigenvalue weighted by Crippen LogP contribution is 2.46. The first-order chi connectivity index (χ1) is 17.3. The molecule has 2 aromatic carbocycles.